The van der Waals surface area contributed by atoms with Gasteiger partial charge in [0.1, 0.15) is 5.75 Å². The molecule has 1 saturated heterocycles. The van der Waals surface area contributed by atoms with E-state index in [1.165, 1.54) is 0 Å². The Morgan fingerprint density at radius 3 is 2.75 bits per heavy atom. The van der Waals surface area contributed by atoms with Crippen molar-refractivity contribution in [1.29, 1.82) is 0 Å². The topological polar surface area (TPSA) is 66.8 Å². The third-order valence-corrected chi connectivity index (χ3v) is 4.23. The van der Waals surface area contributed by atoms with Crippen LogP contribution in [0.15, 0.2) is 22.7 Å². The number of aliphatic carboxylic acids is 1. The molecule has 1 aliphatic rings. The second kappa shape index (κ2) is 5.83. The Morgan fingerprint density at radius 1 is 1.55 bits per heavy atom. The number of nitrogens with zero attached hydrogens (tertiary/aromatic N) is 1. The monoisotopic (exact) mass is 341 g/mol. The van der Waals surface area contributed by atoms with Gasteiger partial charge in [0, 0.05) is 13.0 Å². The molecule has 0 spiro atoms. The Bertz CT molecular complexity index is 546. The molecule has 1 aromatic carbocycles. The van der Waals surface area contributed by atoms with Crippen molar-refractivity contribution in [1.82, 2.24) is 4.90 Å². The summed E-state index contributed by atoms with van der Waals surface area (Å²) in [4.78, 5) is 24.9. The van der Waals surface area contributed by atoms with E-state index in [0.29, 0.717) is 12.3 Å². The smallest absolute Gasteiger partial charge is 0.309 e. The van der Waals surface area contributed by atoms with Crippen molar-refractivity contribution in [3.05, 3.63) is 28.2 Å². The molecule has 0 bridgehead atoms. The Kier molecular flexibility index (Phi) is 4.32. The number of carboxylic acid groups (broad SMARTS) is 1. The molecule has 0 radical (unpaired) electrons. The van der Waals surface area contributed by atoms with E-state index in [0.717, 1.165) is 10.0 Å². The van der Waals surface area contributed by atoms with E-state index in [1.54, 1.807) is 18.1 Å². The molecule has 5 nitrogen and oxygen atoms in total. The number of benzene rings is 1. The zero-order valence-electron chi connectivity index (χ0n) is 11.3. The predicted octanol–water partition coefficient (Wildman–Crippen LogP) is 2.45. The molecule has 2 unspecified atom stereocenters. The average molecular weight is 342 g/mol. The van der Waals surface area contributed by atoms with Gasteiger partial charge in [-0.25, -0.2) is 0 Å². The fraction of sp³-hybridized carbons (Fsp3) is 0.429. The van der Waals surface area contributed by atoms with Crippen LogP contribution < -0.4 is 4.74 Å². The van der Waals surface area contributed by atoms with E-state index in [2.05, 4.69) is 15.9 Å². The first-order valence-corrected chi connectivity index (χ1v) is 7.14. The first-order chi connectivity index (χ1) is 9.49. The van der Waals surface area contributed by atoms with Crippen LogP contribution in [0, 0.1) is 5.92 Å². The molecule has 108 valence electrons. The molecule has 20 heavy (non-hydrogen) atoms. The number of rotatable bonds is 4. The van der Waals surface area contributed by atoms with Crippen molar-refractivity contribution in [3.8, 4) is 5.75 Å². The molecule has 2 atom stereocenters. The van der Waals surface area contributed by atoms with Crippen LogP contribution in [0.1, 0.15) is 24.9 Å². The van der Waals surface area contributed by atoms with E-state index in [-0.39, 0.29) is 12.3 Å². The van der Waals surface area contributed by atoms with Crippen LogP contribution in [0.3, 0.4) is 0 Å². The minimum absolute atomic E-state index is 0.0531. The van der Waals surface area contributed by atoms with Gasteiger partial charge in [-0.2, -0.15) is 0 Å². The number of likely N-dealkylation sites (tertiary alicyclic amines) is 1. The first-order valence-electron chi connectivity index (χ1n) is 6.35. The van der Waals surface area contributed by atoms with E-state index >= 15 is 0 Å². The highest BCUT2D eigenvalue weighted by molar-refractivity contribution is 9.10. The maximum absolute atomic E-state index is 11.9. The Morgan fingerprint density at radius 2 is 2.25 bits per heavy atom. The highest BCUT2D eigenvalue weighted by Crippen LogP contribution is 2.40. The number of carbonyl (C=O) groups excluding carboxylic acids is 1. The van der Waals surface area contributed by atoms with Gasteiger partial charge in [-0.1, -0.05) is 6.07 Å². The molecule has 0 aliphatic carbocycles. The van der Waals surface area contributed by atoms with Gasteiger partial charge in [0.25, 0.3) is 0 Å². The summed E-state index contributed by atoms with van der Waals surface area (Å²) in [5.74, 6) is -1.08. The Labute approximate surface area is 125 Å². The number of hydrogen-bond donors (Lipinski definition) is 1. The minimum atomic E-state index is -0.939. The van der Waals surface area contributed by atoms with Crippen molar-refractivity contribution in [2.24, 2.45) is 5.92 Å². The van der Waals surface area contributed by atoms with Gasteiger partial charge in [0.15, 0.2) is 0 Å². The SMILES string of the molecule is CCN1C(=O)CC(C(=O)O)C1c1ccc(OC)c(Br)c1. The Balaban J connectivity index is 2.43. The van der Waals surface area contributed by atoms with E-state index < -0.39 is 17.9 Å². The number of carbonyl (C=O) groups is 2. The number of ether oxygens (including phenoxy) is 1. The summed E-state index contributed by atoms with van der Waals surface area (Å²) < 4.78 is 5.91. The maximum Gasteiger partial charge on any atom is 0.309 e. The third-order valence-electron chi connectivity index (χ3n) is 3.61. The highest BCUT2D eigenvalue weighted by atomic mass is 79.9. The molecule has 1 amide bonds. The highest BCUT2D eigenvalue weighted by Gasteiger charge is 2.43. The van der Waals surface area contributed by atoms with Gasteiger partial charge >= 0.3 is 5.97 Å². The summed E-state index contributed by atoms with van der Waals surface area (Å²) >= 11 is 3.39. The molecule has 1 heterocycles. The van der Waals surface area contributed by atoms with Crippen LogP contribution in [-0.2, 0) is 9.59 Å². The molecular formula is C14H16BrNO4. The lowest BCUT2D eigenvalue weighted by atomic mass is 9.93. The molecule has 6 heteroatoms. The molecular weight excluding hydrogens is 326 g/mol. The number of halogens is 1. The number of hydrogen-bond acceptors (Lipinski definition) is 3. The van der Waals surface area contributed by atoms with Gasteiger partial charge < -0.3 is 14.7 Å². The van der Waals surface area contributed by atoms with E-state index in [1.807, 2.05) is 19.1 Å². The molecule has 1 aromatic rings. The summed E-state index contributed by atoms with van der Waals surface area (Å²) in [5.41, 5.74) is 0.803. The van der Waals surface area contributed by atoms with Crippen molar-refractivity contribution < 1.29 is 19.4 Å². The standard InChI is InChI=1S/C14H16BrNO4/c1-3-16-12(17)7-9(14(18)19)13(16)8-4-5-11(20-2)10(15)6-8/h4-6,9,13H,3,7H2,1-2H3,(H,18,19). The van der Waals surface area contributed by atoms with Crippen LogP contribution in [-0.4, -0.2) is 35.5 Å². The van der Waals surface area contributed by atoms with Gasteiger partial charge in [0.2, 0.25) is 5.91 Å². The summed E-state index contributed by atoms with van der Waals surface area (Å²) in [6.45, 7) is 2.35. The number of amides is 1. The fourth-order valence-corrected chi connectivity index (χ4v) is 3.22. The molecule has 1 N–H and O–H groups in total. The summed E-state index contributed by atoms with van der Waals surface area (Å²) in [7, 11) is 1.57. The maximum atomic E-state index is 11.9. The number of methoxy groups -OCH3 is 1. The van der Waals surface area contributed by atoms with Gasteiger partial charge in [0.05, 0.1) is 23.5 Å². The number of carboxylic acids is 1. The average Bonchev–Trinajstić information content (AvgIpc) is 2.75. The zero-order valence-corrected chi connectivity index (χ0v) is 12.9. The predicted molar refractivity (Wildman–Crippen MR) is 76.6 cm³/mol. The largest absolute Gasteiger partial charge is 0.496 e. The quantitative estimate of drug-likeness (QED) is 0.913. The first kappa shape index (κ1) is 14.8. The lowest BCUT2D eigenvalue weighted by Crippen LogP contribution is -2.30. The van der Waals surface area contributed by atoms with Gasteiger partial charge in [-0.15, -0.1) is 0 Å². The second-order valence-corrected chi connectivity index (χ2v) is 5.52. The van der Waals surface area contributed by atoms with E-state index in [9.17, 15) is 14.7 Å². The summed E-state index contributed by atoms with van der Waals surface area (Å²) in [5, 5.41) is 9.33. The fourth-order valence-electron chi connectivity index (χ4n) is 2.66. The molecule has 0 aromatic heterocycles. The summed E-state index contributed by atoms with van der Waals surface area (Å²) in [6, 6.07) is 4.98. The third kappa shape index (κ3) is 2.52. The van der Waals surface area contributed by atoms with E-state index in [4.69, 9.17) is 4.74 Å². The lowest BCUT2D eigenvalue weighted by molar-refractivity contribution is -0.142. The van der Waals surface area contributed by atoms with Crippen LogP contribution >= 0.6 is 15.9 Å². The lowest BCUT2D eigenvalue weighted by Gasteiger charge is -2.26. The van der Waals surface area contributed by atoms with Gasteiger partial charge in [-0.05, 0) is 40.5 Å². The van der Waals surface area contributed by atoms with Crippen LogP contribution in [0.5, 0.6) is 5.75 Å². The summed E-state index contributed by atoms with van der Waals surface area (Å²) in [6.07, 6.45) is 0.0531. The van der Waals surface area contributed by atoms with Crippen molar-refractivity contribution in [3.63, 3.8) is 0 Å². The van der Waals surface area contributed by atoms with Crippen molar-refractivity contribution in [2.45, 2.75) is 19.4 Å². The zero-order chi connectivity index (χ0) is 14.9. The normalized spacial score (nSPS) is 22.1. The van der Waals surface area contributed by atoms with Crippen molar-refractivity contribution >= 4 is 27.8 Å². The van der Waals surface area contributed by atoms with Crippen LogP contribution in [0.4, 0.5) is 0 Å². The van der Waals surface area contributed by atoms with Crippen LogP contribution in [0.2, 0.25) is 0 Å². The second-order valence-electron chi connectivity index (χ2n) is 4.67. The van der Waals surface area contributed by atoms with Gasteiger partial charge in [-0.3, -0.25) is 9.59 Å². The van der Waals surface area contributed by atoms with Crippen molar-refractivity contribution in [2.75, 3.05) is 13.7 Å². The molecule has 2 rings (SSSR count). The Hall–Kier alpha value is -1.56. The molecule has 0 saturated carbocycles. The molecule has 1 fully saturated rings. The molecule has 1 aliphatic heterocycles. The minimum Gasteiger partial charge on any atom is -0.496 e. The van der Waals surface area contributed by atoms with Crippen LogP contribution in [0.25, 0.3) is 0 Å².